The highest BCUT2D eigenvalue weighted by molar-refractivity contribution is 5.78. The van der Waals surface area contributed by atoms with Gasteiger partial charge in [0.15, 0.2) is 0 Å². The Balaban J connectivity index is 1.68. The zero-order valence-corrected chi connectivity index (χ0v) is 18.4. The predicted molar refractivity (Wildman–Crippen MR) is 121 cm³/mol. The Morgan fingerprint density at radius 1 is 0.903 bits per heavy atom. The number of halogens is 1. The normalized spacial score (nSPS) is 11.1. The molecule has 0 radical (unpaired) electrons. The van der Waals surface area contributed by atoms with Crippen LogP contribution in [0.25, 0.3) is 0 Å². The molecule has 1 heterocycles. The first kappa shape index (κ1) is 22.8. The van der Waals surface area contributed by atoms with Gasteiger partial charge in [0, 0.05) is 13.1 Å². The molecule has 0 saturated heterocycles. The van der Waals surface area contributed by atoms with Crippen molar-refractivity contribution in [1.82, 2.24) is 9.80 Å². The lowest BCUT2D eigenvalue weighted by Gasteiger charge is -2.27. The van der Waals surface area contributed by atoms with Gasteiger partial charge in [0.1, 0.15) is 17.3 Å². The summed E-state index contributed by atoms with van der Waals surface area (Å²) in [5.74, 6) is 1.46. The van der Waals surface area contributed by atoms with Crippen LogP contribution in [0.1, 0.15) is 36.0 Å². The summed E-state index contributed by atoms with van der Waals surface area (Å²) in [6, 6.07) is 20.5. The number of carbonyl (C=O) groups is 1. The summed E-state index contributed by atoms with van der Waals surface area (Å²) in [4.78, 5) is 17.3. The van der Waals surface area contributed by atoms with Crippen molar-refractivity contribution in [2.45, 2.75) is 39.8 Å². The van der Waals surface area contributed by atoms with Crippen LogP contribution in [0.2, 0.25) is 0 Å². The van der Waals surface area contributed by atoms with E-state index in [0.717, 1.165) is 36.5 Å². The molecule has 0 bridgehead atoms. The topological polar surface area (TPSA) is 36.7 Å². The Morgan fingerprint density at radius 2 is 1.65 bits per heavy atom. The van der Waals surface area contributed by atoms with Crippen molar-refractivity contribution >= 4 is 5.91 Å². The van der Waals surface area contributed by atoms with Crippen molar-refractivity contribution in [1.29, 1.82) is 0 Å². The number of benzene rings is 2. The number of hydrogen-bond acceptors (Lipinski definition) is 3. The first-order valence-corrected chi connectivity index (χ1v) is 10.9. The van der Waals surface area contributed by atoms with E-state index >= 15 is 0 Å². The van der Waals surface area contributed by atoms with Crippen molar-refractivity contribution in [3.63, 3.8) is 0 Å². The number of carbonyl (C=O) groups excluding carboxylic acids is 1. The molecule has 0 aliphatic rings. The van der Waals surface area contributed by atoms with Gasteiger partial charge < -0.3 is 9.32 Å². The summed E-state index contributed by atoms with van der Waals surface area (Å²) in [5.41, 5.74) is 2.20. The molecule has 0 fully saturated rings. The van der Waals surface area contributed by atoms with Crippen LogP contribution in [-0.4, -0.2) is 35.3 Å². The lowest BCUT2D eigenvalue weighted by molar-refractivity contribution is -0.133. The quantitative estimate of drug-likeness (QED) is 0.426. The lowest BCUT2D eigenvalue weighted by atomic mass is 10.1. The predicted octanol–water partition coefficient (Wildman–Crippen LogP) is 5.21. The maximum absolute atomic E-state index is 13.3. The van der Waals surface area contributed by atoms with Crippen molar-refractivity contribution in [2.24, 2.45) is 0 Å². The van der Waals surface area contributed by atoms with Crippen LogP contribution in [0.15, 0.2) is 71.1 Å². The van der Waals surface area contributed by atoms with Gasteiger partial charge in [-0.25, -0.2) is 4.39 Å². The van der Waals surface area contributed by atoms with E-state index in [9.17, 15) is 9.18 Å². The zero-order chi connectivity index (χ0) is 22.1. The summed E-state index contributed by atoms with van der Waals surface area (Å²) in [7, 11) is 0. The van der Waals surface area contributed by atoms with E-state index in [2.05, 4.69) is 24.0 Å². The lowest BCUT2D eigenvalue weighted by Crippen LogP contribution is -2.41. The van der Waals surface area contributed by atoms with Crippen LogP contribution in [0, 0.1) is 12.7 Å². The minimum absolute atomic E-state index is 0.0699. The fourth-order valence-electron chi connectivity index (χ4n) is 3.63. The van der Waals surface area contributed by atoms with Gasteiger partial charge in [-0.1, -0.05) is 49.4 Å². The zero-order valence-electron chi connectivity index (χ0n) is 18.4. The molecule has 0 unspecified atom stereocenters. The molecule has 0 N–H and O–H groups in total. The van der Waals surface area contributed by atoms with Gasteiger partial charge in [0.05, 0.1) is 13.1 Å². The van der Waals surface area contributed by atoms with Gasteiger partial charge >= 0.3 is 0 Å². The van der Waals surface area contributed by atoms with Crippen LogP contribution in [-0.2, 0) is 24.3 Å². The van der Waals surface area contributed by atoms with Gasteiger partial charge in [0.2, 0.25) is 5.91 Å². The Hall–Kier alpha value is -2.92. The molecule has 3 rings (SSSR count). The number of aryl methyl sites for hydroxylation is 1. The van der Waals surface area contributed by atoms with Crippen LogP contribution >= 0.6 is 0 Å². The summed E-state index contributed by atoms with van der Waals surface area (Å²) in [5, 5.41) is 0. The Morgan fingerprint density at radius 3 is 2.29 bits per heavy atom. The first-order chi connectivity index (χ1) is 15.0. The Labute approximate surface area is 184 Å². The third kappa shape index (κ3) is 7.37. The second-order valence-electron chi connectivity index (χ2n) is 7.90. The first-order valence-electron chi connectivity index (χ1n) is 10.9. The molecule has 1 amide bonds. The Bertz CT molecular complexity index is 938. The van der Waals surface area contributed by atoms with E-state index in [1.54, 1.807) is 12.1 Å². The van der Waals surface area contributed by atoms with Crippen molar-refractivity contribution in [3.05, 3.63) is 95.2 Å². The van der Waals surface area contributed by atoms with Crippen LogP contribution in [0.5, 0.6) is 0 Å². The van der Waals surface area contributed by atoms with Crippen LogP contribution in [0.4, 0.5) is 4.39 Å². The molecule has 3 aromatic rings. The molecule has 31 heavy (non-hydrogen) atoms. The largest absolute Gasteiger partial charge is 0.464 e. The van der Waals surface area contributed by atoms with Crippen molar-refractivity contribution in [3.8, 4) is 0 Å². The van der Waals surface area contributed by atoms with Crippen LogP contribution in [0.3, 0.4) is 0 Å². The number of rotatable bonds is 11. The molecule has 164 valence electrons. The maximum atomic E-state index is 13.3. The van der Waals surface area contributed by atoms with Crippen molar-refractivity contribution < 1.29 is 13.6 Å². The van der Waals surface area contributed by atoms with E-state index in [-0.39, 0.29) is 11.7 Å². The molecule has 0 saturated carbocycles. The highest BCUT2D eigenvalue weighted by Crippen LogP contribution is 2.13. The third-order valence-electron chi connectivity index (χ3n) is 5.23. The molecule has 0 aliphatic heterocycles. The van der Waals surface area contributed by atoms with Gasteiger partial charge in [-0.15, -0.1) is 0 Å². The molecule has 1 aromatic heterocycles. The summed E-state index contributed by atoms with van der Waals surface area (Å²) in [6.07, 6.45) is 1.73. The number of furan rings is 1. The highest BCUT2D eigenvalue weighted by Gasteiger charge is 2.19. The minimum Gasteiger partial charge on any atom is -0.464 e. The van der Waals surface area contributed by atoms with E-state index in [0.29, 0.717) is 26.2 Å². The third-order valence-corrected chi connectivity index (χ3v) is 5.23. The second-order valence-corrected chi connectivity index (χ2v) is 7.90. The van der Waals surface area contributed by atoms with Crippen LogP contribution < -0.4 is 0 Å². The number of amides is 1. The average molecular weight is 423 g/mol. The summed E-state index contributed by atoms with van der Waals surface area (Å²) < 4.78 is 19.0. The summed E-state index contributed by atoms with van der Waals surface area (Å²) >= 11 is 0. The van der Waals surface area contributed by atoms with Gasteiger partial charge in [-0.3, -0.25) is 9.69 Å². The molecule has 5 heteroatoms. The highest BCUT2D eigenvalue weighted by atomic mass is 19.1. The van der Waals surface area contributed by atoms with E-state index in [1.807, 2.05) is 42.2 Å². The molecule has 2 aromatic carbocycles. The molecule has 0 aliphatic carbocycles. The van der Waals surface area contributed by atoms with Gasteiger partial charge in [0.25, 0.3) is 0 Å². The van der Waals surface area contributed by atoms with Crippen molar-refractivity contribution in [2.75, 3.05) is 19.6 Å². The average Bonchev–Trinajstić information content (AvgIpc) is 3.18. The SMILES string of the molecule is CCCN(CC(=O)N(CCc1ccccc1)Cc1ccc(C)o1)Cc1ccc(F)cc1. The van der Waals surface area contributed by atoms with E-state index in [1.165, 1.54) is 17.7 Å². The van der Waals surface area contributed by atoms with Gasteiger partial charge in [-0.05, 0) is 61.7 Å². The molecule has 0 spiro atoms. The summed E-state index contributed by atoms with van der Waals surface area (Å²) in [6.45, 7) is 6.82. The standard InChI is InChI=1S/C26H31FN2O2/c1-3-16-28(18-23-10-12-24(27)13-11-23)20-26(30)29(19-25-14-9-21(2)31-25)17-15-22-7-5-4-6-8-22/h4-14H,3,15-20H2,1-2H3. The minimum atomic E-state index is -0.248. The monoisotopic (exact) mass is 422 g/mol. The molecule has 0 atom stereocenters. The molecular formula is C26H31FN2O2. The Kier molecular flexibility index (Phi) is 8.42. The maximum Gasteiger partial charge on any atom is 0.237 e. The smallest absolute Gasteiger partial charge is 0.237 e. The number of nitrogens with zero attached hydrogens (tertiary/aromatic N) is 2. The van der Waals surface area contributed by atoms with E-state index in [4.69, 9.17) is 4.42 Å². The van der Waals surface area contributed by atoms with E-state index < -0.39 is 0 Å². The number of hydrogen-bond donors (Lipinski definition) is 0. The molecule has 4 nitrogen and oxygen atoms in total. The fourth-order valence-corrected chi connectivity index (χ4v) is 3.63. The van der Waals surface area contributed by atoms with Gasteiger partial charge in [-0.2, -0.15) is 0 Å². The second kappa shape index (κ2) is 11.5. The molecular weight excluding hydrogens is 391 g/mol. The fraction of sp³-hybridized carbons (Fsp3) is 0.346.